The van der Waals surface area contributed by atoms with Gasteiger partial charge in [0.1, 0.15) is 46.0 Å². The molecule has 0 bridgehead atoms. The van der Waals surface area contributed by atoms with Gasteiger partial charge in [0.05, 0.1) is 0 Å². The normalized spacial score (nSPS) is 14.8. The maximum atomic E-state index is 6.80. The van der Waals surface area contributed by atoms with E-state index in [1.807, 2.05) is 12.1 Å². The Morgan fingerprint density at radius 2 is 0.750 bits per heavy atom. The zero-order valence-electron chi connectivity index (χ0n) is 25.9. The first kappa shape index (κ1) is 25.9. The van der Waals surface area contributed by atoms with Gasteiger partial charge in [0.25, 0.3) is 13.4 Å². The van der Waals surface area contributed by atoms with Crippen molar-refractivity contribution in [3.8, 4) is 46.0 Å². The van der Waals surface area contributed by atoms with Crippen molar-refractivity contribution in [2.45, 2.75) is 52.4 Å². The van der Waals surface area contributed by atoms with Crippen LogP contribution in [0.2, 0.25) is 0 Å². The van der Waals surface area contributed by atoms with Crippen LogP contribution >= 0.6 is 0 Å². The SMILES string of the molecule is CC(C)(C)c1cc2c3c(c1)Oc1cc4c(cc1B3c1ccccc1O2)B1c2ccccc2Oc2cc(C(C)(C)C)cc(c21)O4. The van der Waals surface area contributed by atoms with Crippen LogP contribution in [0.25, 0.3) is 0 Å². The molecular weight excluding hydrogens is 542 g/mol. The van der Waals surface area contributed by atoms with Gasteiger partial charge in [-0.05, 0) is 80.2 Å². The van der Waals surface area contributed by atoms with Crippen molar-refractivity contribution >= 4 is 46.2 Å². The van der Waals surface area contributed by atoms with Crippen LogP contribution in [-0.4, -0.2) is 13.4 Å². The number of hydrogen-bond acceptors (Lipinski definition) is 4. The molecule has 0 fully saturated rings. The molecule has 0 radical (unpaired) electrons. The number of rotatable bonds is 0. The standard InChI is InChI=1S/C38H32B2O4/c1-37(2,3)21-15-31-35-33(17-21)43-29-20-30-26(19-25(29)39(35)23-11-7-9-13-27(23)41-31)40-24-12-8-10-14-28(24)42-32-16-22(38(4,5)6)18-34(44-30)36(32)40/h7-20H,1-6H3. The highest BCUT2D eigenvalue weighted by molar-refractivity contribution is 7.01. The first-order valence-corrected chi connectivity index (χ1v) is 15.5. The molecule has 0 saturated heterocycles. The lowest BCUT2D eigenvalue weighted by molar-refractivity contribution is 0.446. The minimum absolute atomic E-state index is 0.0211. The summed E-state index contributed by atoms with van der Waals surface area (Å²) in [5.41, 5.74) is 8.95. The molecule has 4 aliphatic heterocycles. The summed E-state index contributed by atoms with van der Waals surface area (Å²) < 4.78 is 26.7. The Morgan fingerprint density at radius 1 is 0.386 bits per heavy atom. The number of ether oxygens (including phenoxy) is 4. The van der Waals surface area contributed by atoms with Gasteiger partial charge in [-0.1, -0.05) is 84.0 Å². The van der Waals surface area contributed by atoms with E-state index in [1.54, 1.807) is 0 Å². The van der Waals surface area contributed by atoms with E-state index in [4.69, 9.17) is 18.9 Å². The van der Waals surface area contributed by atoms with Crippen molar-refractivity contribution in [1.82, 2.24) is 0 Å². The Kier molecular flexibility index (Phi) is 5.02. The maximum Gasteiger partial charge on any atom is 0.260 e. The third-order valence-corrected chi connectivity index (χ3v) is 9.62. The Hall–Kier alpha value is -4.57. The number of hydrogen-bond donors (Lipinski definition) is 0. The van der Waals surface area contributed by atoms with E-state index < -0.39 is 0 Å². The monoisotopic (exact) mass is 574 g/mol. The summed E-state index contributed by atoms with van der Waals surface area (Å²) in [7, 11) is 0. The molecule has 0 aromatic heterocycles. The molecule has 5 aromatic rings. The first-order valence-electron chi connectivity index (χ1n) is 15.5. The summed E-state index contributed by atoms with van der Waals surface area (Å²) in [4.78, 5) is 0. The highest BCUT2D eigenvalue weighted by atomic mass is 16.5. The summed E-state index contributed by atoms with van der Waals surface area (Å²) in [6, 6.07) is 30.0. The van der Waals surface area contributed by atoms with E-state index in [-0.39, 0.29) is 24.3 Å². The summed E-state index contributed by atoms with van der Waals surface area (Å²) in [5.74, 6) is 6.87. The fourth-order valence-corrected chi connectivity index (χ4v) is 7.25. The molecular formula is C38H32B2O4. The molecule has 0 saturated carbocycles. The van der Waals surface area contributed by atoms with Crippen LogP contribution in [0.5, 0.6) is 46.0 Å². The zero-order valence-corrected chi connectivity index (χ0v) is 25.9. The molecule has 0 amide bonds. The number of para-hydroxylation sites is 2. The fraction of sp³-hybridized carbons (Fsp3) is 0.211. The number of benzene rings is 5. The lowest BCUT2D eigenvalue weighted by Crippen LogP contribution is -2.61. The van der Waals surface area contributed by atoms with E-state index in [2.05, 4.69) is 114 Å². The average Bonchev–Trinajstić information content (AvgIpc) is 2.98. The third-order valence-electron chi connectivity index (χ3n) is 9.62. The van der Waals surface area contributed by atoms with Crippen LogP contribution in [0.3, 0.4) is 0 Å². The van der Waals surface area contributed by atoms with Gasteiger partial charge in [-0.3, -0.25) is 0 Å². The van der Waals surface area contributed by atoms with Crippen LogP contribution in [0.4, 0.5) is 0 Å². The minimum Gasteiger partial charge on any atom is -0.458 e. The first-order chi connectivity index (χ1) is 21.0. The van der Waals surface area contributed by atoms with E-state index in [1.165, 1.54) is 11.1 Å². The maximum absolute atomic E-state index is 6.80. The van der Waals surface area contributed by atoms with E-state index in [0.717, 1.165) is 78.8 Å². The van der Waals surface area contributed by atoms with Crippen LogP contribution in [0, 0.1) is 0 Å². The van der Waals surface area contributed by atoms with Crippen molar-refractivity contribution < 1.29 is 18.9 Å². The summed E-state index contributed by atoms with van der Waals surface area (Å²) in [6.07, 6.45) is 0. The lowest BCUT2D eigenvalue weighted by Gasteiger charge is -2.37. The molecule has 6 heteroatoms. The largest absolute Gasteiger partial charge is 0.458 e. The summed E-state index contributed by atoms with van der Waals surface area (Å²) in [5, 5.41) is 0. The smallest absolute Gasteiger partial charge is 0.260 e. The molecule has 214 valence electrons. The van der Waals surface area contributed by atoms with Crippen molar-refractivity contribution in [3.05, 3.63) is 96.1 Å². The fourth-order valence-electron chi connectivity index (χ4n) is 7.25. The van der Waals surface area contributed by atoms with Crippen molar-refractivity contribution in [3.63, 3.8) is 0 Å². The molecule has 44 heavy (non-hydrogen) atoms. The van der Waals surface area contributed by atoms with Gasteiger partial charge >= 0.3 is 0 Å². The molecule has 0 atom stereocenters. The van der Waals surface area contributed by atoms with Gasteiger partial charge in [0.2, 0.25) is 0 Å². The van der Waals surface area contributed by atoms with Gasteiger partial charge in [-0.25, -0.2) is 0 Å². The Morgan fingerprint density at radius 3 is 1.14 bits per heavy atom. The van der Waals surface area contributed by atoms with E-state index in [9.17, 15) is 0 Å². The van der Waals surface area contributed by atoms with Crippen LogP contribution in [-0.2, 0) is 10.8 Å². The Balaban J connectivity index is 1.30. The molecule has 0 spiro atoms. The second kappa shape index (κ2) is 8.53. The molecule has 4 aliphatic rings. The second-order valence-corrected chi connectivity index (χ2v) is 14.6. The van der Waals surface area contributed by atoms with Gasteiger partial charge in [0, 0.05) is 17.0 Å². The summed E-state index contributed by atoms with van der Waals surface area (Å²) in [6.45, 7) is 13.3. The predicted molar refractivity (Wildman–Crippen MR) is 179 cm³/mol. The van der Waals surface area contributed by atoms with Crippen LogP contribution in [0.1, 0.15) is 52.7 Å². The van der Waals surface area contributed by atoms with Crippen molar-refractivity contribution in [2.24, 2.45) is 0 Å². The molecule has 0 aliphatic carbocycles. The number of fused-ring (bicyclic) bond motifs is 8. The van der Waals surface area contributed by atoms with Gasteiger partial charge in [0.15, 0.2) is 0 Å². The Bertz CT molecular complexity index is 1920. The predicted octanol–water partition coefficient (Wildman–Crippen LogP) is 5.74. The van der Waals surface area contributed by atoms with E-state index in [0.29, 0.717) is 0 Å². The Labute approximate surface area is 259 Å². The van der Waals surface area contributed by atoms with Crippen LogP contribution in [0.15, 0.2) is 84.9 Å². The van der Waals surface area contributed by atoms with Gasteiger partial charge in [-0.2, -0.15) is 0 Å². The highest BCUT2D eigenvalue weighted by Crippen LogP contribution is 2.42. The third kappa shape index (κ3) is 3.60. The zero-order chi connectivity index (χ0) is 30.1. The molecule has 4 nitrogen and oxygen atoms in total. The summed E-state index contributed by atoms with van der Waals surface area (Å²) >= 11 is 0. The second-order valence-electron chi connectivity index (χ2n) is 14.6. The lowest BCUT2D eigenvalue weighted by atomic mass is 9.31. The average molecular weight is 574 g/mol. The minimum atomic E-state index is -0.0629. The van der Waals surface area contributed by atoms with Crippen LogP contribution < -0.4 is 51.7 Å². The molecule has 5 aromatic carbocycles. The van der Waals surface area contributed by atoms with E-state index >= 15 is 0 Å². The van der Waals surface area contributed by atoms with Crippen molar-refractivity contribution in [1.29, 1.82) is 0 Å². The van der Waals surface area contributed by atoms with Crippen molar-refractivity contribution in [2.75, 3.05) is 0 Å². The molecule has 4 heterocycles. The highest BCUT2D eigenvalue weighted by Gasteiger charge is 2.45. The molecule has 0 unspecified atom stereocenters. The van der Waals surface area contributed by atoms with Gasteiger partial charge in [-0.15, -0.1) is 0 Å². The quantitative estimate of drug-likeness (QED) is 0.217. The molecule has 0 N–H and O–H groups in total. The molecule has 9 rings (SSSR count). The van der Waals surface area contributed by atoms with Gasteiger partial charge < -0.3 is 18.9 Å². The topological polar surface area (TPSA) is 36.9 Å².